The van der Waals surface area contributed by atoms with Gasteiger partial charge in [0.15, 0.2) is 0 Å². The van der Waals surface area contributed by atoms with Gasteiger partial charge in [-0.15, -0.1) is 0 Å². The zero-order valence-electron chi connectivity index (χ0n) is 11.7. The average Bonchev–Trinajstić information content (AvgIpc) is 2.87. The van der Waals surface area contributed by atoms with Crippen LogP contribution >= 0.6 is 0 Å². The fourth-order valence-corrected chi connectivity index (χ4v) is 3.24. The molecule has 1 heterocycles. The van der Waals surface area contributed by atoms with Gasteiger partial charge in [-0.2, -0.15) is 17.4 Å². The second-order valence-electron chi connectivity index (χ2n) is 4.54. The summed E-state index contributed by atoms with van der Waals surface area (Å²) in [5.74, 6) is 0. The van der Waals surface area contributed by atoms with Crippen molar-refractivity contribution >= 4 is 10.2 Å². The Balaban J connectivity index is 2.54. The first-order chi connectivity index (χ1) is 9.10. The van der Waals surface area contributed by atoms with Crippen molar-refractivity contribution in [2.75, 3.05) is 53.6 Å². The normalized spacial score (nSPS) is 20.3. The Bertz CT molecular complexity index is 331. The molecular weight excluding hydrogens is 270 g/mol. The predicted molar refractivity (Wildman–Crippen MR) is 73.3 cm³/mol. The quantitative estimate of drug-likeness (QED) is 0.514. The highest BCUT2D eigenvalue weighted by molar-refractivity contribution is 7.87. The number of hydrogen-bond donors (Lipinski definition) is 2. The Morgan fingerprint density at radius 3 is 2.63 bits per heavy atom. The molecule has 19 heavy (non-hydrogen) atoms. The van der Waals surface area contributed by atoms with Crippen LogP contribution in [-0.4, -0.2) is 72.4 Å². The molecule has 2 N–H and O–H groups in total. The molecule has 0 aromatic rings. The molecule has 0 aliphatic carbocycles. The minimum atomic E-state index is -3.47. The first-order valence-electron chi connectivity index (χ1n) is 6.56. The van der Waals surface area contributed by atoms with Crippen molar-refractivity contribution in [1.82, 2.24) is 14.3 Å². The minimum Gasteiger partial charge on any atom is -0.383 e. The summed E-state index contributed by atoms with van der Waals surface area (Å²) >= 11 is 0. The molecule has 0 amide bonds. The summed E-state index contributed by atoms with van der Waals surface area (Å²) in [4.78, 5) is 0. The lowest BCUT2D eigenvalue weighted by molar-refractivity contribution is 0.174. The van der Waals surface area contributed by atoms with Crippen molar-refractivity contribution in [3.05, 3.63) is 0 Å². The van der Waals surface area contributed by atoms with Crippen LogP contribution in [0.3, 0.4) is 0 Å². The zero-order valence-corrected chi connectivity index (χ0v) is 12.5. The third-order valence-corrected chi connectivity index (χ3v) is 4.64. The number of rotatable bonds is 10. The van der Waals surface area contributed by atoms with E-state index >= 15 is 0 Å². The summed E-state index contributed by atoms with van der Waals surface area (Å²) in [5, 5.41) is 3.30. The first kappa shape index (κ1) is 16.8. The third-order valence-electron chi connectivity index (χ3n) is 3.06. The Morgan fingerprint density at radius 2 is 2.05 bits per heavy atom. The van der Waals surface area contributed by atoms with E-state index in [0.717, 1.165) is 19.4 Å². The lowest BCUT2D eigenvalue weighted by Gasteiger charge is -2.25. The van der Waals surface area contributed by atoms with Gasteiger partial charge in [-0.05, 0) is 19.4 Å². The summed E-state index contributed by atoms with van der Waals surface area (Å²) in [6, 6.07) is 0.232. The van der Waals surface area contributed by atoms with Crippen molar-refractivity contribution in [3.63, 3.8) is 0 Å². The molecule has 1 unspecified atom stereocenters. The van der Waals surface area contributed by atoms with Gasteiger partial charge >= 0.3 is 0 Å². The van der Waals surface area contributed by atoms with Crippen molar-refractivity contribution in [2.45, 2.75) is 18.9 Å². The van der Waals surface area contributed by atoms with E-state index in [1.807, 2.05) is 0 Å². The molecule has 0 aromatic heterocycles. The van der Waals surface area contributed by atoms with Crippen LogP contribution in [0, 0.1) is 0 Å². The second kappa shape index (κ2) is 8.83. The van der Waals surface area contributed by atoms with Crippen LogP contribution in [0.2, 0.25) is 0 Å². The highest BCUT2D eigenvalue weighted by atomic mass is 32.2. The summed E-state index contributed by atoms with van der Waals surface area (Å²) in [6.45, 7) is 2.82. The number of nitrogens with zero attached hydrogens (tertiary/aromatic N) is 1. The van der Waals surface area contributed by atoms with Crippen molar-refractivity contribution < 1.29 is 17.9 Å². The van der Waals surface area contributed by atoms with E-state index in [-0.39, 0.29) is 12.6 Å². The number of methoxy groups -OCH3 is 2. The van der Waals surface area contributed by atoms with E-state index in [4.69, 9.17) is 9.47 Å². The lowest BCUT2D eigenvalue weighted by atomic mass is 10.2. The molecule has 0 aromatic carbocycles. The van der Waals surface area contributed by atoms with E-state index in [2.05, 4.69) is 10.0 Å². The predicted octanol–water partition coefficient (Wildman–Crippen LogP) is -0.832. The SMILES string of the molecule is COCCNS(=O)(=O)N(CCOC)CC1CCCN1. The fourth-order valence-electron chi connectivity index (χ4n) is 2.03. The summed E-state index contributed by atoms with van der Waals surface area (Å²) in [7, 11) is -0.363. The maximum absolute atomic E-state index is 12.2. The van der Waals surface area contributed by atoms with Gasteiger partial charge in [0.25, 0.3) is 10.2 Å². The Labute approximate surface area is 115 Å². The molecule has 114 valence electrons. The molecule has 8 heteroatoms. The van der Waals surface area contributed by atoms with Gasteiger partial charge in [-0.3, -0.25) is 0 Å². The van der Waals surface area contributed by atoms with Gasteiger partial charge in [0.05, 0.1) is 13.2 Å². The Morgan fingerprint density at radius 1 is 1.32 bits per heavy atom. The molecular formula is C11H25N3O4S. The van der Waals surface area contributed by atoms with E-state index in [0.29, 0.717) is 26.3 Å². The maximum atomic E-state index is 12.2. The lowest BCUT2D eigenvalue weighted by Crippen LogP contribution is -2.48. The molecule has 1 rings (SSSR count). The molecule has 7 nitrogen and oxygen atoms in total. The number of hydrogen-bond acceptors (Lipinski definition) is 5. The first-order valence-corrected chi connectivity index (χ1v) is 8.00. The molecule has 0 radical (unpaired) electrons. The van der Waals surface area contributed by atoms with Crippen molar-refractivity contribution in [3.8, 4) is 0 Å². The van der Waals surface area contributed by atoms with E-state index in [1.54, 1.807) is 14.2 Å². The zero-order chi connectivity index (χ0) is 14.1. The molecule has 1 aliphatic heterocycles. The Kier molecular flexibility index (Phi) is 7.81. The topological polar surface area (TPSA) is 79.9 Å². The van der Waals surface area contributed by atoms with Crippen molar-refractivity contribution in [1.29, 1.82) is 0 Å². The van der Waals surface area contributed by atoms with Gasteiger partial charge in [0.2, 0.25) is 0 Å². The molecule has 0 saturated carbocycles. The molecule has 0 spiro atoms. The van der Waals surface area contributed by atoms with Gasteiger partial charge in [-0.25, -0.2) is 0 Å². The van der Waals surface area contributed by atoms with Crippen LogP contribution in [0.1, 0.15) is 12.8 Å². The van der Waals surface area contributed by atoms with E-state index in [9.17, 15) is 8.42 Å². The van der Waals surface area contributed by atoms with Gasteiger partial charge in [0.1, 0.15) is 0 Å². The fraction of sp³-hybridized carbons (Fsp3) is 1.00. The van der Waals surface area contributed by atoms with Gasteiger partial charge < -0.3 is 14.8 Å². The molecule has 1 aliphatic rings. The van der Waals surface area contributed by atoms with Crippen LogP contribution < -0.4 is 10.0 Å². The highest BCUT2D eigenvalue weighted by Crippen LogP contribution is 2.09. The summed E-state index contributed by atoms with van der Waals surface area (Å²) in [5.41, 5.74) is 0. The number of nitrogens with one attached hydrogen (secondary N) is 2. The average molecular weight is 295 g/mol. The minimum absolute atomic E-state index is 0.232. The van der Waals surface area contributed by atoms with Crippen LogP contribution in [0.25, 0.3) is 0 Å². The van der Waals surface area contributed by atoms with E-state index in [1.165, 1.54) is 4.31 Å². The highest BCUT2D eigenvalue weighted by Gasteiger charge is 2.26. The molecule has 1 atom stereocenters. The number of ether oxygens (including phenoxy) is 2. The van der Waals surface area contributed by atoms with Gasteiger partial charge in [-0.1, -0.05) is 0 Å². The summed E-state index contributed by atoms with van der Waals surface area (Å²) in [6.07, 6.45) is 2.11. The van der Waals surface area contributed by atoms with Crippen molar-refractivity contribution in [2.24, 2.45) is 0 Å². The van der Waals surface area contributed by atoms with Gasteiger partial charge in [0, 0.05) is 39.9 Å². The molecule has 1 saturated heterocycles. The smallest absolute Gasteiger partial charge is 0.279 e. The maximum Gasteiger partial charge on any atom is 0.279 e. The largest absolute Gasteiger partial charge is 0.383 e. The van der Waals surface area contributed by atoms with E-state index < -0.39 is 10.2 Å². The van der Waals surface area contributed by atoms with Crippen LogP contribution in [0.15, 0.2) is 0 Å². The third kappa shape index (κ3) is 6.15. The summed E-state index contributed by atoms with van der Waals surface area (Å²) < 4.78 is 38.2. The van der Waals surface area contributed by atoms with Crippen LogP contribution in [0.5, 0.6) is 0 Å². The Hall–Kier alpha value is -0.250. The van der Waals surface area contributed by atoms with Crippen LogP contribution in [-0.2, 0) is 19.7 Å². The monoisotopic (exact) mass is 295 g/mol. The standard InChI is InChI=1S/C11H25N3O4S/c1-17-8-6-13-19(15,16)14(7-9-18-2)10-11-4-3-5-12-11/h11-13H,3-10H2,1-2H3. The second-order valence-corrected chi connectivity index (χ2v) is 6.29. The molecule has 1 fully saturated rings. The van der Waals surface area contributed by atoms with Crippen LogP contribution in [0.4, 0.5) is 0 Å². The molecule has 0 bridgehead atoms.